The fourth-order valence-corrected chi connectivity index (χ4v) is 14.1. The average molecular weight is 429 g/mol. The molecule has 2 atom stereocenters. The van der Waals surface area contributed by atoms with Gasteiger partial charge in [0.25, 0.3) is 0 Å². The number of aliphatic hydroxyl groups excluding tert-OH is 1. The zero-order chi connectivity index (χ0) is 18.6. The molecule has 3 heteroatoms. The Bertz CT molecular complexity index is 734. The maximum atomic E-state index is 10.9. The Morgan fingerprint density at radius 3 is 1.27 bits per heavy atom. The molecule has 0 aromatic heterocycles. The molecule has 0 heterocycles. The summed E-state index contributed by atoms with van der Waals surface area (Å²) in [6.45, 7) is 4.10. The summed E-state index contributed by atoms with van der Waals surface area (Å²) >= 11 is 4.42. The molecule has 1 nitrogen and oxygen atoms in total. The standard InChI is InChI=1S/C23H26BrOP/c1-3-23(19(2)25)26(24,20-13-7-4-8-14-20,21-15-9-5-10-16-21)22-17-11-6-12-18-22/h4-19,23,25H,3H2,1-2H3. The summed E-state index contributed by atoms with van der Waals surface area (Å²) in [5.74, 6) is 0. The first-order valence-corrected chi connectivity index (χ1v) is 13.4. The molecule has 0 radical (unpaired) electrons. The molecule has 26 heavy (non-hydrogen) atoms. The summed E-state index contributed by atoms with van der Waals surface area (Å²) in [5.41, 5.74) is 0.0631. The van der Waals surface area contributed by atoms with Crippen molar-refractivity contribution in [1.29, 1.82) is 0 Å². The van der Waals surface area contributed by atoms with Gasteiger partial charge >= 0.3 is 165 Å². The van der Waals surface area contributed by atoms with E-state index in [4.69, 9.17) is 0 Å². The summed E-state index contributed by atoms with van der Waals surface area (Å²) in [6, 6.07) is 32.0. The number of benzene rings is 3. The van der Waals surface area contributed by atoms with Crippen LogP contribution in [0.4, 0.5) is 0 Å². The summed E-state index contributed by atoms with van der Waals surface area (Å²) < 4.78 is 0. The number of rotatable bonds is 6. The Kier molecular flexibility index (Phi) is 5.67. The van der Waals surface area contributed by atoms with Gasteiger partial charge in [0.15, 0.2) is 0 Å². The van der Waals surface area contributed by atoms with Gasteiger partial charge in [-0.05, 0) is 0 Å². The van der Waals surface area contributed by atoms with Gasteiger partial charge in [0, 0.05) is 0 Å². The molecule has 2 unspecified atom stereocenters. The molecule has 3 aromatic carbocycles. The third-order valence-corrected chi connectivity index (χ3v) is 16.6. The van der Waals surface area contributed by atoms with Gasteiger partial charge in [-0.25, -0.2) is 0 Å². The monoisotopic (exact) mass is 428 g/mol. The van der Waals surface area contributed by atoms with Crippen molar-refractivity contribution < 1.29 is 5.11 Å². The van der Waals surface area contributed by atoms with Crippen LogP contribution in [0.25, 0.3) is 0 Å². The first-order valence-electron chi connectivity index (χ1n) is 9.11. The Balaban J connectivity index is 2.52. The quantitative estimate of drug-likeness (QED) is 0.548. The molecule has 0 spiro atoms. The van der Waals surface area contributed by atoms with Crippen LogP contribution in [-0.2, 0) is 0 Å². The molecule has 0 saturated carbocycles. The molecular weight excluding hydrogens is 403 g/mol. The van der Waals surface area contributed by atoms with Crippen molar-refractivity contribution in [2.24, 2.45) is 0 Å². The van der Waals surface area contributed by atoms with Crippen LogP contribution in [0, 0.1) is 0 Å². The van der Waals surface area contributed by atoms with E-state index in [1.165, 1.54) is 15.9 Å². The van der Waals surface area contributed by atoms with E-state index in [-0.39, 0.29) is 5.66 Å². The van der Waals surface area contributed by atoms with Crippen LogP contribution in [0.2, 0.25) is 0 Å². The fraction of sp³-hybridized carbons (Fsp3) is 0.217. The number of halogens is 1. The van der Waals surface area contributed by atoms with Gasteiger partial charge in [-0.15, -0.1) is 0 Å². The topological polar surface area (TPSA) is 20.2 Å². The van der Waals surface area contributed by atoms with Gasteiger partial charge in [0.2, 0.25) is 0 Å². The predicted molar refractivity (Wildman–Crippen MR) is 120 cm³/mol. The van der Waals surface area contributed by atoms with Gasteiger partial charge in [-0.2, -0.15) is 0 Å². The molecule has 3 aromatic rings. The molecule has 0 aliphatic rings. The van der Waals surface area contributed by atoms with Crippen molar-refractivity contribution in [3.05, 3.63) is 91.0 Å². The Hall–Kier alpha value is -1.47. The van der Waals surface area contributed by atoms with E-state index in [0.29, 0.717) is 0 Å². The van der Waals surface area contributed by atoms with E-state index in [9.17, 15) is 5.11 Å². The molecule has 0 fully saturated rings. The number of hydrogen-bond acceptors (Lipinski definition) is 1. The van der Waals surface area contributed by atoms with Crippen molar-refractivity contribution in [2.45, 2.75) is 32.0 Å². The van der Waals surface area contributed by atoms with Crippen LogP contribution in [0.3, 0.4) is 0 Å². The van der Waals surface area contributed by atoms with Crippen molar-refractivity contribution in [2.75, 3.05) is 0 Å². The molecule has 1 N–H and O–H groups in total. The van der Waals surface area contributed by atoms with E-state index >= 15 is 0 Å². The molecular formula is C23H26BrOP. The molecule has 136 valence electrons. The van der Waals surface area contributed by atoms with Crippen molar-refractivity contribution in [3.63, 3.8) is 0 Å². The first-order chi connectivity index (χ1) is 12.5. The summed E-state index contributed by atoms with van der Waals surface area (Å²) in [5, 5.41) is 11.6. The fourth-order valence-electron chi connectivity index (χ4n) is 4.27. The van der Waals surface area contributed by atoms with Gasteiger partial charge in [0.1, 0.15) is 0 Å². The van der Waals surface area contributed by atoms with E-state index in [2.05, 4.69) is 113 Å². The second-order valence-electron chi connectivity index (χ2n) is 6.80. The van der Waals surface area contributed by atoms with Crippen LogP contribution in [0.15, 0.2) is 91.0 Å². The maximum absolute atomic E-state index is 10.9. The molecule has 0 saturated heterocycles. The van der Waals surface area contributed by atoms with Gasteiger partial charge < -0.3 is 0 Å². The number of aliphatic hydroxyl groups is 1. The Morgan fingerprint density at radius 1 is 0.731 bits per heavy atom. The molecule has 0 amide bonds. The summed E-state index contributed by atoms with van der Waals surface area (Å²) in [7, 11) is 0. The molecule has 0 aliphatic heterocycles. The van der Waals surface area contributed by atoms with E-state index in [1.807, 2.05) is 6.92 Å². The van der Waals surface area contributed by atoms with Crippen molar-refractivity contribution >= 4 is 36.7 Å². The average Bonchev–Trinajstić information content (AvgIpc) is 2.70. The van der Waals surface area contributed by atoms with Gasteiger partial charge in [0.05, 0.1) is 0 Å². The second kappa shape index (κ2) is 7.64. The van der Waals surface area contributed by atoms with Crippen molar-refractivity contribution in [3.8, 4) is 0 Å². The van der Waals surface area contributed by atoms with Crippen LogP contribution in [-0.4, -0.2) is 16.9 Å². The summed E-state index contributed by atoms with van der Waals surface area (Å²) in [4.78, 5) is 0. The molecule has 0 aliphatic carbocycles. The Morgan fingerprint density at radius 2 is 1.04 bits per heavy atom. The summed E-state index contributed by atoms with van der Waals surface area (Å²) in [6.07, 6.45) is 0.428. The van der Waals surface area contributed by atoms with E-state index in [1.54, 1.807) is 0 Å². The van der Waals surface area contributed by atoms with Crippen LogP contribution in [0.5, 0.6) is 0 Å². The van der Waals surface area contributed by atoms with Gasteiger partial charge in [-0.3, -0.25) is 0 Å². The van der Waals surface area contributed by atoms with E-state index < -0.39 is 11.4 Å². The Labute approximate surface area is 164 Å². The number of hydrogen-bond donors (Lipinski definition) is 1. The van der Waals surface area contributed by atoms with Crippen molar-refractivity contribution in [1.82, 2.24) is 0 Å². The zero-order valence-corrected chi connectivity index (χ0v) is 17.8. The zero-order valence-electron chi connectivity index (χ0n) is 15.3. The van der Waals surface area contributed by atoms with Crippen LogP contribution in [0.1, 0.15) is 20.3 Å². The first kappa shape index (κ1) is 19.3. The second-order valence-corrected chi connectivity index (χ2v) is 15.6. The normalized spacial score (nSPS) is 15.6. The molecule has 3 rings (SSSR count). The third-order valence-electron chi connectivity index (χ3n) is 5.38. The minimum atomic E-state index is -3.07. The van der Waals surface area contributed by atoms with Crippen LogP contribution < -0.4 is 15.9 Å². The minimum absolute atomic E-state index is 0.0631. The predicted octanol–water partition coefficient (Wildman–Crippen LogP) is 4.99. The molecule has 0 bridgehead atoms. The third kappa shape index (κ3) is 2.85. The van der Waals surface area contributed by atoms with Crippen LogP contribution >= 0.6 is 20.8 Å². The van der Waals surface area contributed by atoms with E-state index in [0.717, 1.165) is 6.42 Å². The van der Waals surface area contributed by atoms with Gasteiger partial charge in [-0.1, -0.05) is 0 Å². The SMILES string of the molecule is CCC(C(C)O)P(Br)(c1ccccc1)(c1ccccc1)c1ccccc1.